The quantitative estimate of drug-likeness (QED) is 0.929. The van der Waals surface area contributed by atoms with E-state index in [0.29, 0.717) is 23.3 Å². The van der Waals surface area contributed by atoms with Gasteiger partial charge in [0.25, 0.3) is 0 Å². The number of carbonyl (C=O) groups is 1. The van der Waals surface area contributed by atoms with E-state index in [1.54, 1.807) is 0 Å². The Bertz CT molecular complexity index is 526. The first-order valence-corrected chi connectivity index (χ1v) is 8.32. The van der Waals surface area contributed by atoms with Crippen LogP contribution in [0.3, 0.4) is 0 Å². The lowest BCUT2D eigenvalue weighted by Crippen LogP contribution is -2.36. The predicted octanol–water partition coefficient (Wildman–Crippen LogP) is 3.25. The molecule has 1 N–H and O–H groups in total. The summed E-state index contributed by atoms with van der Waals surface area (Å²) in [6.45, 7) is 5.18. The Morgan fingerprint density at radius 2 is 2.38 bits per heavy atom. The van der Waals surface area contributed by atoms with Gasteiger partial charge in [-0.2, -0.15) is 0 Å². The molecule has 0 spiro atoms. The highest BCUT2D eigenvalue weighted by molar-refractivity contribution is 6.31. The fraction of sp³-hybridized carbons (Fsp3) is 0.588. The van der Waals surface area contributed by atoms with E-state index in [9.17, 15) is 4.79 Å². The number of nitrogens with zero attached hydrogens (tertiary/aromatic N) is 1. The van der Waals surface area contributed by atoms with Crippen molar-refractivity contribution in [2.24, 2.45) is 11.8 Å². The SMILES string of the molecule is CC(CC(=O)N1CCc2ccc(Cl)cc21)C1CCCNC1. The van der Waals surface area contributed by atoms with Crippen LogP contribution in [0.15, 0.2) is 18.2 Å². The molecule has 2 aliphatic rings. The number of hydrogen-bond donors (Lipinski definition) is 1. The minimum absolute atomic E-state index is 0.245. The maximum Gasteiger partial charge on any atom is 0.227 e. The normalized spacial score (nSPS) is 23.0. The van der Waals surface area contributed by atoms with Crippen LogP contribution in [0.4, 0.5) is 5.69 Å². The lowest BCUT2D eigenvalue weighted by atomic mass is 9.85. The summed E-state index contributed by atoms with van der Waals surface area (Å²) in [4.78, 5) is 14.6. The van der Waals surface area contributed by atoms with Gasteiger partial charge in [-0.25, -0.2) is 0 Å². The molecule has 3 rings (SSSR count). The van der Waals surface area contributed by atoms with E-state index in [2.05, 4.69) is 12.2 Å². The van der Waals surface area contributed by atoms with Crippen LogP contribution in [-0.4, -0.2) is 25.5 Å². The molecule has 1 amide bonds. The number of rotatable bonds is 3. The van der Waals surface area contributed by atoms with Crippen molar-refractivity contribution in [1.29, 1.82) is 0 Å². The molecule has 3 nitrogen and oxygen atoms in total. The van der Waals surface area contributed by atoms with Crippen molar-refractivity contribution in [2.45, 2.75) is 32.6 Å². The third-order valence-electron chi connectivity index (χ3n) is 4.88. The van der Waals surface area contributed by atoms with Gasteiger partial charge < -0.3 is 10.2 Å². The molecule has 1 saturated heterocycles. The number of halogens is 1. The average molecular weight is 307 g/mol. The summed E-state index contributed by atoms with van der Waals surface area (Å²) in [6, 6.07) is 5.87. The minimum Gasteiger partial charge on any atom is -0.316 e. The van der Waals surface area contributed by atoms with Crippen LogP contribution < -0.4 is 10.2 Å². The third-order valence-corrected chi connectivity index (χ3v) is 5.12. The van der Waals surface area contributed by atoms with Crippen molar-refractivity contribution in [3.8, 4) is 0 Å². The van der Waals surface area contributed by atoms with Gasteiger partial charge in [0.2, 0.25) is 5.91 Å². The monoisotopic (exact) mass is 306 g/mol. The molecule has 114 valence electrons. The summed E-state index contributed by atoms with van der Waals surface area (Å²) < 4.78 is 0. The highest BCUT2D eigenvalue weighted by atomic mass is 35.5. The van der Waals surface area contributed by atoms with Crippen molar-refractivity contribution in [1.82, 2.24) is 5.32 Å². The first-order chi connectivity index (χ1) is 10.1. The lowest BCUT2D eigenvalue weighted by molar-refractivity contribution is -0.119. The highest BCUT2D eigenvalue weighted by Crippen LogP contribution is 2.32. The van der Waals surface area contributed by atoms with Gasteiger partial charge in [0, 0.05) is 23.7 Å². The van der Waals surface area contributed by atoms with Crippen LogP contribution in [-0.2, 0) is 11.2 Å². The van der Waals surface area contributed by atoms with Crippen LogP contribution in [0, 0.1) is 11.8 Å². The van der Waals surface area contributed by atoms with Gasteiger partial charge in [-0.3, -0.25) is 4.79 Å². The van der Waals surface area contributed by atoms with Crippen molar-refractivity contribution >= 4 is 23.2 Å². The minimum atomic E-state index is 0.245. The molecular formula is C17H23ClN2O. The van der Waals surface area contributed by atoms with Gasteiger partial charge in [0.05, 0.1) is 0 Å². The molecule has 0 aromatic heterocycles. The Balaban J connectivity index is 1.65. The maximum atomic E-state index is 12.6. The second-order valence-corrected chi connectivity index (χ2v) is 6.79. The Morgan fingerprint density at radius 1 is 1.52 bits per heavy atom. The molecule has 2 unspecified atom stereocenters. The first kappa shape index (κ1) is 14.9. The highest BCUT2D eigenvalue weighted by Gasteiger charge is 2.28. The van der Waals surface area contributed by atoms with Crippen LogP contribution in [0.2, 0.25) is 5.02 Å². The summed E-state index contributed by atoms with van der Waals surface area (Å²) in [5.74, 6) is 1.31. The number of fused-ring (bicyclic) bond motifs is 1. The fourth-order valence-electron chi connectivity index (χ4n) is 3.53. The van der Waals surface area contributed by atoms with Crippen molar-refractivity contribution in [3.63, 3.8) is 0 Å². The molecule has 0 radical (unpaired) electrons. The van der Waals surface area contributed by atoms with Gasteiger partial charge in [0.1, 0.15) is 0 Å². The van der Waals surface area contributed by atoms with E-state index in [0.717, 1.165) is 31.7 Å². The summed E-state index contributed by atoms with van der Waals surface area (Å²) in [5.41, 5.74) is 2.25. The van der Waals surface area contributed by atoms with E-state index in [1.165, 1.54) is 18.4 Å². The van der Waals surface area contributed by atoms with E-state index in [-0.39, 0.29) is 5.91 Å². The number of amides is 1. The fourth-order valence-corrected chi connectivity index (χ4v) is 3.69. The molecule has 0 bridgehead atoms. The van der Waals surface area contributed by atoms with Crippen molar-refractivity contribution < 1.29 is 4.79 Å². The van der Waals surface area contributed by atoms with Crippen LogP contribution >= 0.6 is 11.6 Å². The number of hydrogen-bond acceptors (Lipinski definition) is 2. The van der Waals surface area contributed by atoms with Crippen molar-refractivity contribution in [2.75, 3.05) is 24.5 Å². The maximum absolute atomic E-state index is 12.6. The molecule has 2 heterocycles. The summed E-state index contributed by atoms with van der Waals surface area (Å²) in [7, 11) is 0. The van der Waals surface area contributed by atoms with Crippen LogP contribution in [0.1, 0.15) is 31.7 Å². The molecule has 2 atom stereocenters. The zero-order valence-corrected chi connectivity index (χ0v) is 13.3. The van der Waals surface area contributed by atoms with E-state index in [1.807, 2.05) is 23.1 Å². The molecule has 21 heavy (non-hydrogen) atoms. The Labute approximate surface area is 131 Å². The standard InChI is InChI=1S/C17H23ClN2O/c1-12(14-3-2-7-19-11-14)9-17(21)20-8-6-13-4-5-15(18)10-16(13)20/h4-5,10,12,14,19H,2-3,6-9,11H2,1H3. The lowest BCUT2D eigenvalue weighted by Gasteiger charge is -2.29. The number of piperidine rings is 1. The number of benzene rings is 1. The third kappa shape index (κ3) is 3.24. The number of nitrogens with one attached hydrogen (secondary N) is 1. The number of anilines is 1. The second kappa shape index (κ2) is 6.37. The molecule has 1 fully saturated rings. The zero-order chi connectivity index (χ0) is 14.8. The van der Waals surface area contributed by atoms with E-state index in [4.69, 9.17) is 11.6 Å². The molecular weight excluding hydrogens is 284 g/mol. The smallest absolute Gasteiger partial charge is 0.227 e. The Hall–Kier alpha value is -1.06. The molecule has 0 saturated carbocycles. The van der Waals surface area contributed by atoms with Gasteiger partial charge in [-0.05, 0) is 61.9 Å². The average Bonchev–Trinajstić information content (AvgIpc) is 2.91. The predicted molar refractivity (Wildman–Crippen MR) is 86.9 cm³/mol. The Kier molecular flexibility index (Phi) is 4.51. The first-order valence-electron chi connectivity index (χ1n) is 7.94. The molecule has 1 aromatic carbocycles. The number of carbonyl (C=O) groups excluding carboxylic acids is 1. The summed E-state index contributed by atoms with van der Waals surface area (Å²) in [5, 5.41) is 4.15. The summed E-state index contributed by atoms with van der Waals surface area (Å²) in [6.07, 6.45) is 4.05. The largest absolute Gasteiger partial charge is 0.316 e. The molecule has 1 aromatic rings. The summed E-state index contributed by atoms with van der Waals surface area (Å²) >= 11 is 6.07. The topological polar surface area (TPSA) is 32.3 Å². The van der Waals surface area contributed by atoms with E-state index >= 15 is 0 Å². The zero-order valence-electron chi connectivity index (χ0n) is 12.6. The van der Waals surface area contributed by atoms with Gasteiger partial charge in [0.15, 0.2) is 0 Å². The second-order valence-electron chi connectivity index (χ2n) is 6.36. The molecule has 0 aliphatic carbocycles. The van der Waals surface area contributed by atoms with Gasteiger partial charge >= 0.3 is 0 Å². The van der Waals surface area contributed by atoms with Gasteiger partial charge in [-0.15, -0.1) is 0 Å². The molecule has 4 heteroatoms. The van der Waals surface area contributed by atoms with Gasteiger partial charge in [-0.1, -0.05) is 24.6 Å². The van der Waals surface area contributed by atoms with Crippen LogP contribution in [0.5, 0.6) is 0 Å². The van der Waals surface area contributed by atoms with Crippen molar-refractivity contribution in [3.05, 3.63) is 28.8 Å². The Morgan fingerprint density at radius 3 is 3.14 bits per heavy atom. The van der Waals surface area contributed by atoms with Crippen LogP contribution in [0.25, 0.3) is 0 Å². The molecule has 2 aliphatic heterocycles. The van der Waals surface area contributed by atoms with E-state index < -0.39 is 0 Å².